The second-order valence-corrected chi connectivity index (χ2v) is 6.18. The number of aliphatic carboxylic acids is 1. The van der Waals surface area contributed by atoms with Crippen LogP contribution in [0.2, 0.25) is 0 Å². The Morgan fingerprint density at radius 2 is 2.25 bits per heavy atom. The fourth-order valence-corrected chi connectivity index (χ4v) is 3.23. The number of thiophene rings is 1. The number of amides is 1. The molecule has 1 saturated heterocycles. The molecule has 0 aromatic carbocycles. The molecule has 110 valence electrons. The Kier molecular flexibility index (Phi) is 4.77. The number of carboxylic acids is 1. The van der Waals surface area contributed by atoms with Crippen LogP contribution in [0.25, 0.3) is 0 Å². The normalized spacial score (nSPS) is 20.4. The summed E-state index contributed by atoms with van der Waals surface area (Å²) in [5.74, 6) is -1.48. The van der Waals surface area contributed by atoms with Crippen LogP contribution in [0.5, 0.6) is 0 Å². The number of carbonyl (C=O) groups is 2. The highest BCUT2D eigenvalue weighted by atomic mass is 32.1. The molecule has 1 aliphatic heterocycles. The molecule has 2 N–H and O–H groups in total. The summed E-state index contributed by atoms with van der Waals surface area (Å²) < 4.78 is 5.32. The summed E-state index contributed by atoms with van der Waals surface area (Å²) >= 11 is 1.50. The molecular formula is C14H19NO4S. The van der Waals surface area contributed by atoms with Gasteiger partial charge in [0.1, 0.15) is 6.04 Å². The molecule has 2 rings (SSSR count). The van der Waals surface area contributed by atoms with Crippen LogP contribution < -0.4 is 5.32 Å². The van der Waals surface area contributed by atoms with Crippen LogP contribution in [0.1, 0.15) is 33.6 Å². The van der Waals surface area contributed by atoms with Crippen molar-refractivity contribution in [2.45, 2.75) is 32.7 Å². The molecule has 1 aliphatic rings. The molecule has 2 heterocycles. The van der Waals surface area contributed by atoms with Gasteiger partial charge >= 0.3 is 5.97 Å². The number of rotatable bonds is 4. The van der Waals surface area contributed by atoms with E-state index in [4.69, 9.17) is 4.74 Å². The minimum absolute atomic E-state index is 0.162. The number of carbonyl (C=O) groups excluding carboxylic acids is 1. The molecule has 0 unspecified atom stereocenters. The first-order chi connectivity index (χ1) is 9.50. The van der Waals surface area contributed by atoms with Crippen molar-refractivity contribution in [2.75, 3.05) is 13.2 Å². The third-order valence-electron chi connectivity index (χ3n) is 3.75. The van der Waals surface area contributed by atoms with E-state index in [1.54, 1.807) is 5.38 Å². The lowest BCUT2D eigenvalue weighted by Crippen LogP contribution is -2.48. The molecule has 20 heavy (non-hydrogen) atoms. The number of nitrogens with one attached hydrogen (secondary N) is 1. The van der Waals surface area contributed by atoms with E-state index >= 15 is 0 Å². The van der Waals surface area contributed by atoms with Gasteiger partial charge in [0.15, 0.2) is 0 Å². The van der Waals surface area contributed by atoms with Gasteiger partial charge in [-0.1, -0.05) is 0 Å². The first kappa shape index (κ1) is 15.0. The molecule has 1 fully saturated rings. The maximum atomic E-state index is 12.2. The van der Waals surface area contributed by atoms with Crippen LogP contribution in [-0.2, 0) is 9.53 Å². The largest absolute Gasteiger partial charge is 0.480 e. The Hall–Kier alpha value is -1.40. The molecule has 6 heteroatoms. The zero-order chi connectivity index (χ0) is 14.7. The topological polar surface area (TPSA) is 75.6 Å². The first-order valence-electron chi connectivity index (χ1n) is 6.66. The molecule has 0 bridgehead atoms. The van der Waals surface area contributed by atoms with Gasteiger partial charge in [0.2, 0.25) is 0 Å². The smallest absolute Gasteiger partial charge is 0.326 e. The van der Waals surface area contributed by atoms with E-state index in [-0.39, 0.29) is 11.8 Å². The van der Waals surface area contributed by atoms with Crippen LogP contribution in [0.15, 0.2) is 5.38 Å². The van der Waals surface area contributed by atoms with Crippen molar-refractivity contribution in [1.29, 1.82) is 0 Å². The van der Waals surface area contributed by atoms with Crippen molar-refractivity contribution in [3.8, 4) is 0 Å². The zero-order valence-corrected chi connectivity index (χ0v) is 12.5. The minimum atomic E-state index is -1.00. The van der Waals surface area contributed by atoms with E-state index in [0.717, 1.165) is 23.3 Å². The summed E-state index contributed by atoms with van der Waals surface area (Å²) in [7, 11) is 0. The van der Waals surface area contributed by atoms with Gasteiger partial charge in [-0.25, -0.2) is 4.79 Å². The van der Waals surface area contributed by atoms with Crippen molar-refractivity contribution < 1.29 is 19.4 Å². The number of hydrogen-bond acceptors (Lipinski definition) is 4. The summed E-state index contributed by atoms with van der Waals surface area (Å²) in [6.45, 7) is 4.87. The number of aryl methyl sites for hydroxylation is 1. The van der Waals surface area contributed by atoms with Gasteiger partial charge < -0.3 is 15.2 Å². The van der Waals surface area contributed by atoms with Crippen LogP contribution in [-0.4, -0.2) is 36.2 Å². The van der Waals surface area contributed by atoms with Crippen LogP contribution in [0, 0.1) is 19.8 Å². The predicted molar refractivity (Wildman–Crippen MR) is 76.2 cm³/mol. The molecule has 5 nitrogen and oxygen atoms in total. The van der Waals surface area contributed by atoms with Gasteiger partial charge in [-0.05, 0) is 32.3 Å². The third-order valence-corrected chi connectivity index (χ3v) is 4.76. The summed E-state index contributed by atoms with van der Waals surface area (Å²) in [5.41, 5.74) is 1.48. The van der Waals surface area contributed by atoms with E-state index in [1.165, 1.54) is 11.3 Å². The summed E-state index contributed by atoms with van der Waals surface area (Å²) in [4.78, 5) is 24.7. The van der Waals surface area contributed by atoms with E-state index in [9.17, 15) is 14.7 Å². The fraction of sp³-hybridized carbons (Fsp3) is 0.571. The SMILES string of the molecule is Cc1scc(C(=O)N[C@H](C(=O)O)[C@H]2CCCOC2)c1C. The van der Waals surface area contributed by atoms with Gasteiger partial charge in [-0.15, -0.1) is 11.3 Å². The Balaban J connectivity index is 2.09. The van der Waals surface area contributed by atoms with Crippen LogP contribution in [0.4, 0.5) is 0 Å². The quantitative estimate of drug-likeness (QED) is 0.891. The number of ether oxygens (including phenoxy) is 1. The van der Waals surface area contributed by atoms with Crippen LogP contribution >= 0.6 is 11.3 Å². The van der Waals surface area contributed by atoms with Gasteiger partial charge in [0.25, 0.3) is 5.91 Å². The zero-order valence-electron chi connectivity index (χ0n) is 11.6. The van der Waals surface area contributed by atoms with Crippen molar-refractivity contribution in [2.24, 2.45) is 5.92 Å². The van der Waals surface area contributed by atoms with Gasteiger partial charge in [-0.3, -0.25) is 4.79 Å². The Morgan fingerprint density at radius 1 is 1.50 bits per heavy atom. The Labute approximate surface area is 121 Å². The van der Waals surface area contributed by atoms with E-state index in [0.29, 0.717) is 18.8 Å². The maximum absolute atomic E-state index is 12.2. The molecular weight excluding hydrogens is 278 g/mol. The van der Waals surface area contributed by atoms with E-state index in [2.05, 4.69) is 5.32 Å². The lowest BCUT2D eigenvalue weighted by molar-refractivity contribution is -0.142. The van der Waals surface area contributed by atoms with E-state index < -0.39 is 12.0 Å². The molecule has 1 aromatic rings. The van der Waals surface area contributed by atoms with Gasteiger partial charge in [-0.2, -0.15) is 0 Å². The molecule has 0 saturated carbocycles. The second kappa shape index (κ2) is 6.37. The van der Waals surface area contributed by atoms with Crippen molar-refractivity contribution >= 4 is 23.2 Å². The Morgan fingerprint density at radius 3 is 2.75 bits per heavy atom. The monoisotopic (exact) mass is 297 g/mol. The number of hydrogen-bond donors (Lipinski definition) is 2. The minimum Gasteiger partial charge on any atom is -0.480 e. The molecule has 1 aromatic heterocycles. The average Bonchev–Trinajstić information content (AvgIpc) is 2.77. The number of carboxylic acid groups (broad SMARTS) is 1. The van der Waals surface area contributed by atoms with Crippen molar-refractivity contribution in [3.05, 3.63) is 21.4 Å². The standard InChI is InChI=1S/C14H19NO4S/c1-8-9(2)20-7-11(8)13(16)15-12(14(17)18)10-4-3-5-19-6-10/h7,10,12H,3-6H2,1-2H3,(H,15,16)(H,17,18)/t10-,12-/m0/s1. The average molecular weight is 297 g/mol. The summed E-state index contributed by atoms with van der Waals surface area (Å²) in [6, 6.07) is -0.887. The molecule has 2 atom stereocenters. The predicted octanol–water partition coefficient (Wildman–Crippen LogP) is 1.97. The van der Waals surface area contributed by atoms with Gasteiger partial charge in [0.05, 0.1) is 12.2 Å². The highest BCUT2D eigenvalue weighted by Crippen LogP contribution is 2.22. The highest BCUT2D eigenvalue weighted by Gasteiger charge is 2.32. The second-order valence-electron chi connectivity index (χ2n) is 5.10. The maximum Gasteiger partial charge on any atom is 0.326 e. The Bertz CT molecular complexity index is 505. The summed E-state index contributed by atoms with van der Waals surface area (Å²) in [5, 5.41) is 13.7. The van der Waals surface area contributed by atoms with Crippen LogP contribution in [0.3, 0.4) is 0 Å². The lowest BCUT2D eigenvalue weighted by atomic mass is 9.93. The lowest BCUT2D eigenvalue weighted by Gasteiger charge is -2.28. The van der Waals surface area contributed by atoms with Crippen molar-refractivity contribution in [3.63, 3.8) is 0 Å². The third kappa shape index (κ3) is 3.19. The molecule has 1 amide bonds. The molecule has 0 aliphatic carbocycles. The van der Waals surface area contributed by atoms with E-state index in [1.807, 2.05) is 13.8 Å². The first-order valence-corrected chi connectivity index (χ1v) is 7.54. The molecule has 0 radical (unpaired) electrons. The highest BCUT2D eigenvalue weighted by molar-refractivity contribution is 7.10. The van der Waals surface area contributed by atoms with Gasteiger partial charge in [0, 0.05) is 22.8 Å². The fourth-order valence-electron chi connectivity index (χ4n) is 2.37. The molecule has 0 spiro atoms. The van der Waals surface area contributed by atoms with Crippen molar-refractivity contribution in [1.82, 2.24) is 5.32 Å². The summed E-state index contributed by atoms with van der Waals surface area (Å²) in [6.07, 6.45) is 1.60.